The van der Waals surface area contributed by atoms with E-state index in [0.29, 0.717) is 17.2 Å². The van der Waals surface area contributed by atoms with Gasteiger partial charge in [0.25, 0.3) is 5.56 Å². The van der Waals surface area contributed by atoms with Crippen molar-refractivity contribution in [1.29, 1.82) is 0 Å². The molecule has 2 aliphatic rings. The van der Waals surface area contributed by atoms with Crippen LogP contribution in [0.2, 0.25) is 0 Å². The first kappa shape index (κ1) is 19.2. The Labute approximate surface area is 178 Å². The van der Waals surface area contributed by atoms with E-state index in [1.807, 2.05) is 6.92 Å². The molecule has 1 aliphatic heterocycles. The molecule has 3 heterocycles. The molecule has 1 aromatic carbocycles. The number of anilines is 1. The highest BCUT2D eigenvalue weighted by Gasteiger charge is 2.30. The molecule has 1 aliphatic carbocycles. The van der Waals surface area contributed by atoms with Gasteiger partial charge in [-0.15, -0.1) is 5.10 Å². The lowest BCUT2D eigenvalue weighted by Gasteiger charge is -2.33. The molecule has 2 aromatic heterocycles. The number of benzene rings is 1. The van der Waals surface area contributed by atoms with Crippen LogP contribution < -0.4 is 15.8 Å². The molecule has 3 aromatic rings. The molecular formula is C22H25N5O2S. The molecule has 0 saturated carbocycles. The quantitative estimate of drug-likeness (QED) is 0.701. The van der Waals surface area contributed by atoms with Crippen molar-refractivity contribution >= 4 is 27.3 Å². The number of aryl methyl sites for hydroxylation is 2. The van der Waals surface area contributed by atoms with Crippen molar-refractivity contribution in [2.75, 3.05) is 18.0 Å². The van der Waals surface area contributed by atoms with Crippen LogP contribution in [0, 0.1) is 12.8 Å². The van der Waals surface area contributed by atoms with E-state index in [2.05, 4.69) is 44.6 Å². The van der Waals surface area contributed by atoms with Gasteiger partial charge in [0.05, 0.1) is 12.0 Å². The van der Waals surface area contributed by atoms with Crippen LogP contribution in [0.25, 0.3) is 4.96 Å². The average Bonchev–Trinajstić information content (AvgIpc) is 3.19. The molecule has 1 N–H and O–H groups in total. The van der Waals surface area contributed by atoms with Crippen molar-refractivity contribution in [3.05, 3.63) is 57.5 Å². The second-order valence-electron chi connectivity index (χ2n) is 8.25. The van der Waals surface area contributed by atoms with E-state index >= 15 is 0 Å². The highest BCUT2D eigenvalue weighted by atomic mass is 32.1. The third-order valence-electron chi connectivity index (χ3n) is 6.11. The van der Waals surface area contributed by atoms with Gasteiger partial charge >= 0.3 is 0 Å². The lowest BCUT2D eigenvalue weighted by Crippen LogP contribution is -2.44. The van der Waals surface area contributed by atoms with Gasteiger partial charge in [0, 0.05) is 24.8 Å². The molecule has 8 heteroatoms. The van der Waals surface area contributed by atoms with Gasteiger partial charge in [-0.3, -0.25) is 9.59 Å². The number of carbonyl (C=O) groups is 1. The van der Waals surface area contributed by atoms with Crippen LogP contribution in [0.4, 0.5) is 5.13 Å². The fourth-order valence-electron chi connectivity index (χ4n) is 4.60. The smallest absolute Gasteiger partial charge is 0.275 e. The zero-order valence-electron chi connectivity index (χ0n) is 17.0. The number of hydrogen-bond donors (Lipinski definition) is 1. The zero-order valence-corrected chi connectivity index (χ0v) is 17.8. The summed E-state index contributed by atoms with van der Waals surface area (Å²) in [5.74, 6) is 0.0416. The Morgan fingerprint density at radius 2 is 2.10 bits per heavy atom. The SMILES string of the molecule is Cc1cc(=O)n2nc(N3CCC[C@@H](C(=O)N[C@@H]4CCCc5ccccc54)C3)sc2n1. The number of nitrogens with one attached hydrogen (secondary N) is 1. The lowest BCUT2D eigenvalue weighted by molar-refractivity contribution is -0.126. The highest BCUT2D eigenvalue weighted by molar-refractivity contribution is 7.20. The number of rotatable bonds is 3. The Balaban J connectivity index is 1.32. The Bertz CT molecular complexity index is 1150. The molecular weight excluding hydrogens is 398 g/mol. The van der Waals surface area contributed by atoms with Crippen molar-refractivity contribution in [2.45, 2.75) is 45.1 Å². The van der Waals surface area contributed by atoms with Crippen LogP contribution in [0.5, 0.6) is 0 Å². The van der Waals surface area contributed by atoms with Gasteiger partial charge < -0.3 is 10.2 Å². The number of hydrogen-bond acceptors (Lipinski definition) is 6. The molecule has 2 atom stereocenters. The Hall–Kier alpha value is -2.74. The first-order valence-electron chi connectivity index (χ1n) is 10.6. The fourth-order valence-corrected chi connectivity index (χ4v) is 5.58. The standard InChI is InChI=1S/C22H25N5O2S/c1-14-12-19(28)27-21(23-14)30-22(25-27)26-11-5-8-16(13-26)20(29)24-18-10-4-7-15-6-2-3-9-17(15)18/h2-3,6,9,12,16,18H,4-5,7-8,10-11,13H2,1H3,(H,24,29)/t16-,18-/m1/s1. The Kier molecular flexibility index (Phi) is 5.02. The summed E-state index contributed by atoms with van der Waals surface area (Å²) in [6.45, 7) is 3.27. The van der Waals surface area contributed by atoms with Crippen LogP contribution in [0.15, 0.2) is 35.1 Å². The van der Waals surface area contributed by atoms with Gasteiger partial charge in [-0.25, -0.2) is 4.98 Å². The first-order chi connectivity index (χ1) is 14.6. The Morgan fingerprint density at radius 1 is 1.23 bits per heavy atom. The molecule has 156 valence electrons. The molecule has 0 spiro atoms. The monoisotopic (exact) mass is 423 g/mol. The normalized spacial score (nSPS) is 21.4. The van der Waals surface area contributed by atoms with E-state index in [4.69, 9.17) is 0 Å². The second kappa shape index (κ2) is 7.83. The fraction of sp³-hybridized carbons (Fsp3) is 0.455. The summed E-state index contributed by atoms with van der Waals surface area (Å²) >= 11 is 1.41. The van der Waals surface area contributed by atoms with Crippen molar-refractivity contribution in [2.24, 2.45) is 5.92 Å². The van der Waals surface area contributed by atoms with E-state index < -0.39 is 0 Å². The number of carbonyl (C=O) groups excluding carboxylic acids is 1. The van der Waals surface area contributed by atoms with Gasteiger partial charge in [0.2, 0.25) is 16.0 Å². The topological polar surface area (TPSA) is 79.6 Å². The van der Waals surface area contributed by atoms with Crippen LogP contribution in [0.1, 0.15) is 48.5 Å². The number of piperidine rings is 1. The molecule has 0 unspecified atom stereocenters. The largest absolute Gasteiger partial charge is 0.349 e. The zero-order chi connectivity index (χ0) is 20.7. The summed E-state index contributed by atoms with van der Waals surface area (Å²) in [5, 5.41) is 8.54. The number of nitrogens with zero attached hydrogens (tertiary/aromatic N) is 4. The van der Waals surface area contributed by atoms with Gasteiger partial charge in [-0.1, -0.05) is 35.6 Å². The van der Waals surface area contributed by atoms with Crippen molar-refractivity contribution in [3.63, 3.8) is 0 Å². The molecule has 1 amide bonds. The summed E-state index contributed by atoms with van der Waals surface area (Å²) in [6.07, 6.45) is 4.98. The van der Waals surface area contributed by atoms with E-state index in [1.165, 1.54) is 33.0 Å². The Morgan fingerprint density at radius 3 is 3.00 bits per heavy atom. The number of fused-ring (bicyclic) bond motifs is 2. The first-order valence-corrected chi connectivity index (χ1v) is 11.4. The van der Waals surface area contributed by atoms with Gasteiger partial charge in [0.1, 0.15) is 0 Å². The molecule has 1 saturated heterocycles. The van der Waals surface area contributed by atoms with Crippen LogP contribution in [-0.2, 0) is 11.2 Å². The van der Waals surface area contributed by atoms with Crippen LogP contribution >= 0.6 is 11.3 Å². The highest BCUT2D eigenvalue weighted by Crippen LogP contribution is 2.31. The predicted molar refractivity (Wildman–Crippen MR) is 117 cm³/mol. The molecule has 0 bridgehead atoms. The van der Waals surface area contributed by atoms with Gasteiger partial charge in [-0.05, 0) is 50.2 Å². The van der Waals surface area contributed by atoms with Gasteiger partial charge in [0.15, 0.2) is 0 Å². The number of amides is 1. The second-order valence-corrected chi connectivity index (χ2v) is 9.19. The molecule has 30 heavy (non-hydrogen) atoms. The average molecular weight is 424 g/mol. The molecule has 5 rings (SSSR count). The summed E-state index contributed by atoms with van der Waals surface area (Å²) in [6, 6.07) is 10.0. The maximum Gasteiger partial charge on any atom is 0.275 e. The summed E-state index contributed by atoms with van der Waals surface area (Å²) < 4.78 is 1.36. The van der Waals surface area contributed by atoms with Crippen molar-refractivity contribution < 1.29 is 4.79 Å². The van der Waals surface area contributed by atoms with Crippen LogP contribution in [0.3, 0.4) is 0 Å². The molecule has 0 radical (unpaired) electrons. The van der Waals surface area contributed by atoms with E-state index in [0.717, 1.165) is 43.8 Å². The molecule has 1 fully saturated rings. The van der Waals surface area contributed by atoms with E-state index in [1.54, 1.807) is 0 Å². The maximum atomic E-state index is 13.1. The summed E-state index contributed by atoms with van der Waals surface area (Å²) in [5.41, 5.74) is 3.14. The lowest BCUT2D eigenvalue weighted by atomic mass is 9.87. The predicted octanol–water partition coefficient (Wildman–Crippen LogP) is 2.87. The van der Waals surface area contributed by atoms with Crippen molar-refractivity contribution in [3.8, 4) is 0 Å². The number of aromatic nitrogens is 3. The van der Waals surface area contributed by atoms with Crippen molar-refractivity contribution in [1.82, 2.24) is 19.9 Å². The molecule has 7 nitrogen and oxygen atoms in total. The minimum atomic E-state index is -0.165. The van der Waals surface area contributed by atoms with Crippen LogP contribution in [-0.4, -0.2) is 33.6 Å². The van der Waals surface area contributed by atoms with E-state index in [-0.39, 0.29) is 23.4 Å². The van der Waals surface area contributed by atoms with Gasteiger partial charge in [-0.2, -0.15) is 4.52 Å². The minimum absolute atomic E-state index is 0.0775. The third-order valence-corrected chi connectivity index (χ3v) is 7.08. The summed E-state index contributed by atoms with van der Waals surface area (Å²) in [4.78, 5) is 32.4. The maximum absolute atomic E-state index is 13.1. The van der Waals surface area contributed by atoms with E-state index in [9.17, 15) is 9.59 Å². The third kappa shape index (κ3) is 3.60. The summed E-state index contributed by atoms with van der Waals surface area (Å²) in [7, 11) is 0. The minimum Gasteiger partial charge on any atom is -0.349 e.